The molecule has 1 aromatic carbocycles. The van der Waals surface area contributed by atoms with E-state index in [0.717, 1.165) is 57.5 Å². The molecule has 4 rings (SSSR count). The third kappa shape index (κ3) is 4.71. The van der Waals surface area contributed by atoms with E-state index >= 15 is 0 Å². The van der Waals surface area contributed by atoms with Gasteiger partial charge in [0.2, 0.25) is 0 Å². The molecule has 6 heteroatoms. The predicted molar refractivity (Wildman–Crippen MR) is 123 cm³/mol. The Kier molecular flexibility index (Phi) is 6.25. The molecule has 2 saturated heterocycles. The average molecular weight is 443 g/mol. The van der Waals surface area contributed by atoms with E-state index < -0.39 is 9.84 Å². The van der Waals surface area contributed by atoms with Gasteiger partial charge in [0, 0.05) is 31.0 Å². The fourth-order valence-electron chi connectivity index (χ4n) is 5.24. The Hall–Kier alpha value is -1.76. The summed E-state index contributed by atoms with van der Waals surface area (Å²) in [7, 11) is -3.16. The first-order valence-corrected chi connectivity index (χ1v) is 13.2. The van der Waals surface area contributed by atoms with Crippen molar-refractivity contribution >= 4 is 9.84 Å². The van der Waals surface area contributed by atoms with Gasteiger partial charge in [0.25, 0.3) is 0 Å². The fraction of sp³-hybridized carbons (Fsp3) is 0.560. The van der Waals surface area contributed by atoms with Gasteiger partial charge in [-0.2, -0.15) is 0 Å². The normalized spacial score (nSPS) is 25.2. The summed E-state index contributed by atoms with van der Waals surface area (Å²) >= 11 is 0. The first-order chi connectivity index (χ1) is 14.7. The Morgan fingerprint density at radius 1 is 1.19 bits per heavy atom. The predicted octanol–water partition coefficient (Wildman–Crippen LogP) is 4.22. The number of pyridine rings is 1. The summed E-state index contributed by atoms with van der Waals surface area (Å²) in [4.78, 5) is 7.60. The molecule has 0 amide bonds. The molecule has 0 aliphatic carbocycles. The number of nitrogens with zero attached hydrogens (tertiary/aromatic N) is 2. The third-order valence-corrected chi connectivity index (χ3v) is 8.47. The minimum atomic E-state index is -3.16. The Balaban J connectivity index is 1.52. The summed E-state index contributed by atoms with van der Waals surface area (Å²) < 4.78 is 29.7. The number of aryl methyl sites for hydroxylation is 1. The van der Waals surface area contributed by atoms with Crippen LogP contribution in [0.4, 0.5) is 0 Å². The molecule has 168 valence electrons. The zero-order valence-corrected chi connectivity index (χ0v) is 19.7. The Labute approximate surface area is 186 Å². The number of benzene rings is 1. The van der Waals surface area contributed by atoms with E-state index in [1.165, 1.54) is 11.8 Å². The Morgan fingerprint density at radius 3 is 2.58 bits per heavy atom. The van der Waals surface area contributed by atoms with E-state index in [0.29, 0.717) is 11.0 Å². The summed E-state index contributed by atoms with van der Waals surface area (Å²) in [6, 6.07) is 13.5. The van der Waals surface area contributed by atoms with Crippen molar-refractivity contribution in [1.82, 2.24) is 9.88 Å². The van der Waals surface area contributed by atoms with Crippen LogP contribution in [0.1, 0.15) is 50.8 Å². The molecular formula is C25H34N2O3S. The van der Waals surface area contributed by atoms with Crippen molar-refractivity contribution in [3.05, 3.63) is 59.9 Å². The molecule has 2 aliphatic heterocycles. The van der Waals surface area contributed by atoms with E-state index in [2.05, 4.69) is 35.9 Å². The lowest BCUT2D eigenvalue weighted by Crippen LogP contribution is -2.44. The van der Waals surface area contributed by atoms with Crippen molar-refractivity contribution < 1.29 is 13.2 Å². The molecule has 2 atom stereocenters. The van der Waals surface area contributed by atoms with E-state index in [-0.39, 0.29) is 11.0 Å². The van der Waals surface area contributed by atoms with E-state index in [4.69, 9.17) is 4.74 Å². The van der Waals surface area contributed by atoms with Gasteiger partial charge >= 0.3 is 0 Å². The van der Waals surface area contributed by atoms with Gasteiger partial charge in [-0.3, -0.25) is 9.88 Å². The minimum Gasteiger partial charge on any atom is -0.378 e. The van der Waals surface area contributed by atoms with Crippen molar-refractivity contribution in [3.8, 4) is 0 Å². The van der Waals surface area contributed by atoms with Gasteiger partial charge in [0.15, 0.2) is 9.84 Å². The molecular weight excluding hydrogens is 408 g/mol. The van der Waals surface area contributed by atoms with Gasteiger partial charge in [-0.1, -0.05) is 18.2 Å². The Bertz CT molecular complexity index is 983. The first-order valence-electron chi connectivity index (χ1n) is 11.3. The highest BCUT2D eigenvalue weighted by molar-refractivity contribution is 7.90. The maximum Gasteiger partial charge on any atom is 0.175 e. The Morgan fingerprint density at radius 2 is 1.97 bits per heavy atom. The lowest BCUT2D eigenvalue weighted by molar-refractivity contribution is -0.00860. The summed E-state index contributed by atoms with van der Waals surface area (Å²) in [5.41, 5.74) is 2.29. The molecule has 5 nitrogen and oxygen atoms in total. The van der Waals surface area contributed by atoms with Gasteiger partial charge in [0.05, 0.1) is 22.2 Å². The number of aromatic nitrogens is 1. The minimum absolute atomic E-state index is 0.123. The second-order valence-electron chi connectivity index (χ2n) is 9.73. The smallest absolute Gasteiger partial charge is 0.175 e. The van der Waals surface area contributed by atoms with E-state index in [9.17, 15) is 8.42 Å². The number of hydrogen-bond acceptors (Lipinski definition) is 5. The zero-order chi connectivity index (χ0) is 22.1. The second kappa shape index (κ2) is 8.64. The van der Waals surface area contributed by atoms with Crippen LogP contribution in [-0.4, -0.2) is 50.4 Å². The molecule has 3 heterocycles. The number of sulfone groups is 1. The van der Waals surface area contributed by atoms with Crippen LogP contribution in [0.5, 0.6) is 0 Å². The monoisotopic (exact) mass is 442 g/mol. The summed E-state index contributed by atoms with van der Waals surface area (Å²) in [6.45, 7) is 7.44. The molecule has 0 N–H and O–H groups in total. The quantitative estimate of drug-likeness (QED) is 0.642. The first kappa shape index (κ1) is 22.4. The fourth-order valence-corrected chi connectivity index (χ4v) is 5.88. The van der Waals surface area contributed by atoms with Crippen LogP contribution in [0.25, 0.3) is 0 Å². The van der Waals surface area contributed by atoms with E-state index in [1.807, 2.05) is 24.4 Å². The molecule has 1 aromatic heterocycles. The van der Waals surface area contributed by atoms with Gasteiger partial charge in [-0.25, -0.2) is 8.42 Å². The third-order valence-electron chi connectivity index (χ3n) is 7.34. The molecule has 2 aliphatic rings. The van der Waals surface area contributed by atoms with E-state index in [1.54, 1.807) is 12.1 Å². The molecule has 2 aromatic rings. The number of likely N-dealkylation sites (tertiary alicyclic amines) is 1. The number of hydrogen-bond donors (Lipinski definition) is 0. The standard InChI is InChI=1S/C25H34N2O3S/c1-24(2,22-7-4-5-16-26-22)27-17-15-25(19-27,23-8-6-18-30-23)14-13-20-9-11-21(12-10-20)31(3,28)29/h4-5,7,9-12,16,23H,6,8,13-15,17-19H2,1-3H3/t23-,25+/m1/s1. The van der Waals surface area contributed by atoms with Gasteiger partial charge in [0.1, 0.15) is 0 Å². The van der Waals surface area contributed by atoms with Crippen LogP contribution in [0.2, 0.25) is 0 Å². The van der Waals surface area contributed by atoms with Crippen molar-refractivity contribution in [2.75, 3.05) is 26.0 Å². The highest BCUT2D eigenvalue weighted by Gasteiger charge is 2.49. The largest absolute Gasteiger partial charge is 0.378 e. The van der Waals surface area contributed by atoms with Crippen molar-refractivity contribution in [2.45, 2.75) is 62.5 Å². The number of ether oxygens (including phenoxy) is 1. The maximum absolute atomic E-state index is 11.8. The molecule has 0 spiro atoms. The highest BCUT2D eigenvalue weighted by atomic mass is 32.2. The zero-order valence-electron chi connectivity index (χ0n) is 18.9. The van der Waals surface area contributed by atoms with Crippen LogP contribution >= 0.6 is 0 Å². The summed E-state index contributed by atoms with van der Waals surface area (Å²) in [5.74, 6) is 0. The summed E-state index contributed by atoms with van der Waals surface area (Å²) in [5, 5.41) is 0. The average Bonchev–Trinajstić information content (AvgIpc) is 3.44. The van der Waals surface area contributed by atoms with Crippen molar-refractivity contribution in [1.29, 1.82) is 0 Å². The molecule has 0 saturated carbocycles. The van der Waals surface area contributed by atoms with Gasteiger partial charge in [-0.15, -0.1) is 0 Å². The van der Waals surface area contributed by atoms with Crippen LogP contribution < -0.4 is 0 Å². The molecule has 31 heavy (non-hydrogen) atoms. The highest BCUT2D eigenvalue weighted by Crippen LogP contribution is 2.46. The molecule has 0 bridgehead atoms. The molecule has 2 fully saturated rings. The van der Waals surface area contributed by atoms with Crippen molar-refractivity contribution in [3.63, 3.8) is 0 Å². The maximum atomic E-state index is 11.8. The van der Waals surface area contributed by atoms with Crippen LogP contribution in [-0.2, 0) is 26.5 Å². The summed E-state index contributed by atoms with van der Waals surface area (Å²) in [6.07, 6.45) is 8.80. The number of rotatable bonds is 7. The molecule has 0 radical (unpaired) electrons. The van der Waals surface area contributed by atoms with Gasteiger partial charge < -0.3 is 4.74 Å². The SMILES string of the molecule is CC(C)(c1ccccn1)N1CC[C@](CCc2ccc(S(C)(=O)=O)cc2)([C@H]2CCCO2)C1. The topological polar surface area (TPSA) is 59.5 Å². The van der Waals surface area contributed by atoms with Crippen LogP contribution in [0, 0.1) is 5.41 Å². The van der Waals surface area contributed by atoms with Crippen molar-refractivity contribution in [2.24, 2.45) is 5.41 Å². The van der Waals surface area contributed by atoms with Crippen LogP contribution in [0.15, 0.2) is 53.6 Å². The van der Waals surface area contributed by atoms with Crippen LogP contribution in [0.3, 0.4) is 0 Å². The molecule has 0 unspecified atom stereocenters. The lowest BCUT2D eigenvalue weighted by Gasteiger charge is -2.39. The second-order valence-corrected chi connectivity index (χ2v) is 11.7. The van der Waals surface area contributed by atoms with Gasteiger partial charge in [-0.05, 0) is 82.3 Å². The lowest BCUT2D eigenvalue weighted by atomic mass is 9.75.